The lowest BCUT2D eigenvalue weighted by molar-refractivity contribution is 0.565. The first-order valence-corrected chi connectivity index (χ1v) is 7.92. The Labute approximate surface area is 123 Å². The van der Waals surface area contributed by atoms with E-state index in [2.05, 4.69) is 4.72 Å². The number of rotatable bonds is 4. The minimum Gasteiger partial charge on any atom is -0.399 e. The van der Waals surface area contributed by atoms with Gasteiger partial charge in [-0.3, -0.25) is 0 Å². The topological polar surface area (TPSA) is 72.2 Å². The monoisotopic (exact) mass is 308 g/mol. The van der Waals surface area contributed by atoms with Crippen LogP contribution in [0, 0.1) is 12.7 Å². The van der Waals surface area contributed by atoms with Crippen molar-refractivity contribution in [2.45, 2.75) is 24.8 Å². The van der Waals surface area contributed by atoms with E-state index in [0.29, 0.717) is 11.3 Å². The number of hydrogen-bond donors (Lipinski definition) is 2. The van der Waals surface area contributed by atoms with Crippen molar-refractivity contribution >= 4 is 15.7 Å². The number of benzene rings is 2. The van der Waals surface area contributed by atoms with Crippen LogP contribution >= 0.6 is 0 Å². The molecule has 4 nitrogen and oxygen atoms in total. The largest absolute Gasteiger partial charge is 0.399 e. The van der Waals surface area contributed by atoms with Gasteiger partial charge in [0.15, 0.2) is 0 Å². The van der Waals surface area contributed by atoms with Gasteiger partial charge in [0.1, 0.15) is 5.82 Å². The minimum absolute atomic E-state index is 0.0752. The highest BCUT2D eigenvalue weighted by atomic mass is 32.2. The van der Waals surface area contributed by atoms with Crippen molar-refractivity contribution in [1.29, 1.82) is 0 Å². The van der Waals surface area contributed by atoms with Crippen LogP contribution in [0.1, 0.15) is 24.1 Å². The average Bonchev–Trinajstić information content (AvgIpc) is 2.38. The van der Waals surface area contributed by atoms with Crippen molar-refractivity contribution in [3.05, 3.63) is 59.4 Å². The maximum atomic E-state index is 13.1. The summed E-state index contributed by atoms with van der Waals surface area (Å²) in [6.07, 6.45) is 0. The normalized spacial score (nSPS) is 13.1. The molecule has 1 atom stereocenters. The van der Waals surface area contributed by atoms with Crippen molar-refractivity contribution in [2.24, 2.45) is 0 Å². The van der Waals surface area contributed by atoms with Crippen molar-refractivity contribution in [3.63, 3.8) is 0 Å². The van der Waals surface area contributed by atoms with Crippen molar-refractivity contribution in [2.75, 3.05) is 5.73 Å². The lowest BCUT2D eigenvalue weighted by atomic mass is 10.1. The molecule has 0 aliphatic carbocycles. The number of aryl methyl sites for hydroxylation is 1. The number of nitrogen functional groups attached to an aromatic ring is 1. The Morgan fingerprint density at radius 3 is 2.33 bits per heavy atom. The molecule has 21 heavy (non-hydrogen) atoms. The summed E-state index contributed by atoms with van der Waals surface area (Å²) in [6.45, 7) is 3.30. The molecule has 0 aliphatic rings. The van der Waals surface area contributed by atoms with Gasteiger partial charge in [-0.25, -0.2) is 17.5 Å². The van der Waals surface area contributed by atoms with Crippen LogP contribution in [-0.2, 0) is 10.0 Å². The second-order valence-electron chi connectivity index (χ2n) is 4.92. The van der Waals surface area contributed by atoms with E-state index in [9.17, 15) is 12.8 Å². The molecule has 3 N–H and O–H groups in total. The molecular weight excluding hydrogens is 291 g/mol. The SMILES string of the molecule is Cc1cc(F)ccc1S(=O)(=O)NC(C)c1ccc(N)cc1. The fourth-order valence-corrected chi connectivity index (χ4v) is 3.52. The maximum Gasteiger partial charge on any atom is 0.241 e. The first-order valence-electron chi connectivity index (χ1n) is 6.43. The van der Waals surface area contributed by atoms with Gasteiger partial charge >= 0.3 is 0 Å². The number of nitrogens with two attached hydrogens (primary N) is 1. The van der Waals surface area contributed by atoms with Crippen molar-refractivity contribution < 1.29 is 12.8 Å². The summed E-state index contributed by atoms with van der Waals surface area (Å²) in [5, 5.41) is 0. The predicted molar refractivity (Wildman–Crippen MR) is 80.7 cm³/mol. The standard InChI is InChI=1S/C15H17FN2O2S/c1-10-9-13(16)5-8-15(10)21(19,20)18-11(2)12-3-6-14(17)7-4-12/h3-9,11,18H,17H2,1-2H3. The number of sulfonamides is 1. The van der Waals surface area contributed by atoms with Crippen LogP contribution in [0.3, 0.4) is 0 Å². The zero-order chi connectivity index (χ0) is 15.6. The average molecular weight is 308 g/mol. The van der Waals surface area contributed by atoms with Crippen LogP contribution in [0.2, 0.25) is 0 Å². The van der Waals surface area contributed by atoms with Gasteiger partial charge in [0, 0.05) is 11.7 Å². The van der Waals surface area contributed by atoms with Crippen molar-refractivity contribution in [1.82, 2.24) is 4.72 Å². The van der Waals surface area contributed by atoms with Gasteiger partial charge in [-0.15, -0.1) is 0 Å². The van der Waals surface area contributed by atoms with Crippen LogP contribution in [0.15, 0.2) is 47.4 Å². The van der Waals surface area contributed by atoms with Gasteiger partial charge < -0.3 is 5.73 Å². The summed E-state index contributed by atoms with van der Waals surface area (Å²) in [5.74, 6) is -0.460. The summed E-state index contributed by atoms with van der Waals surface area (Å²) >= 11 is 0. The molecule has 0 heterocycles. The molecule has 0 saturated heterocycles. The third-order valence-corrected chi connectivity index (χ3v) is 4.90. The van der Waals surface area contributed by atoms with Crippen LogP contribution < -0.4 is 10.5 Å². The van der Waals surface area contributed by atoms with Gasteiger partial charge in [0.05, 0.1) is 4.90 Å². The first kappa shape index (κ1) is 15.5. The van der Waals surface area contributed by atoms with Crippen LogP contribution in [-0.4, -0.2) is 8.42 Å². The first-order chi connectivity index (χ1) is 9.79. The molecule has 0 aromatic heterocycles. The smallest absolute Gasteiger partial charge is 0.241 e. The molecular formula is C15H17FN2O2S. The Balaban J connectivity index is 2.26. The minimum atomic E-state index is -3.71. The van der Waals surface area contributed by atoms with E-state index in [0.717, 1.165) is 11.6 Å². The molecule has 0 fully saturated rings. The highest BCUT2D eigenvalue weighted by Gasteiger charge is 2.20. The van der Waals surface area contributed by atoms with E-state index >= 15 is 0 Å². The highest BCUT2D eigenvalue weighted by molar-refractivity contribution is 7.89. The summed E-state index contributed by atoms with van der Waals surface area (Å²) < 4.78 is 40.4. The number of halogens is 1. The van der Waals surface area contributed by atoms with Crippen molar-refractivity contribution in [3.8, 4) is 0 Å². The Morgan fingerprint density at radius 2 is 1.76 bits per heavy atom. The third-order valence-electron chi connectivity index (χ3n) is 3.19. The van der Waals surface area contributed by atoms with Gasteiger partial charge in [-0.1, -0.05) is 12.1 Å². The molecule has 112 valence electrons. The number of nitrogens with one attached hydrogen (secondary N) is 1. The molecule has 0 aliphatic heterocycles. The molecule has 0 amide bonds. The van der Waals surface area contributed by atoms with Crippen LogP contribution in [0.4, 0.5) is 10.1 Å². The summed E-state index contributed by atoms with van der Waals surface area (Å²) in [6, 6.07) is 10.1. The lowest BCUT2D eigenvalue weighted by Crippen LogP contribution is -2.27. The zero-order valence-corrected chi connectivity index (χ0v) is 12.6. The van der Waals surface area contributed by atoms with E-state index in [1.54, 1.807) is 38.1 Å². The van der Waals surface area contributed by atoms with Gasteiger partial charge in [0.2, 0.25) is 10.0 Å². The summed E-state index contributed by atoms with van der Waals surface area (Å²) in [5.41, 5.74) is 7.39. The Morgan fingerprint density at radius 1 is 1.14 bits per heavy atom. The fraction of sp³-hybridized carbons (Fsp3) is 0.200. The second-order valence-corrected chi connectivity index (χ2v) is 6.60. The van der Waals surface area contributed by atoms with Gasteiger partial charge in [0.25, 0.3) is 0 Å². The third kappa shape index (κ3) is 3.59. The van der Waals surface area contributed by atoms with Crippen LogP contribution in [0.5, 0.6) is 0 Å². The second kappa shape index (κ2) is 5.83. The summed E-state index contributed by atoms with van der Waals surface area (Å²) in [4.78, 5) is 0.0752. The Hall–Kier alpha value is -1.92. The fourth-order valence-electron chi connectivity index (χ4n) is 2.06. The van der Waals surface area contributed by atoms with E-state index in [-0.39, 0.29) is 4.90 Å². The molecule has 6 heteroatoms. The number of anilines is 1. The predicted octanol–water partition coefficient (Wildman–Crippen LogP) is 2.76. The van der Waals surface area contributed by atoms with Gasteiger partial charge in [-0.05, 0) is 55.3 Å². The molecule has 1 unspecified atom stereocenters. The maximum absolute atomic E-state index is 13.1. The van der Waals surface area contributed by atoms with E-state index < -0.39 is 21.9 Å². The Bertz CT molecular complexity index is 743. The molecule has 0 saturated carbocycles. The van der Waals surface area contributed by atoms with E-state index in [4.69, 9.17) is 5.73 Å². The molecule has 0 radical (unpaired) electrons. The Kier molecular flexibility index (Phi) is 4.29. The number of hydrogen-bond acceptors (Lipinski definition) is 3. The molecule has 0 spiro atoms. The molecule has 2 aromatic rings. The quantitative estimate of drug-likeness (QED) is 0.853. The van der Waals surface area contributed by atoms with Crippen LogP contribution in [0.25, 0.3) is 0 Å². The van der Waals surface area contributed by atoms with Gasteiger partial charge in [-0.2, -0.15) is 0 Å². The van der Waals surface area contributed by atoms with E-state index in [1.165, 1.54) is 12.1 Å². The zero-order valence-electron chi connectivity index (χ0n) is 11.8. The molecule has 0 bridgehead atoms. The lowest BCUT2D eigenvalue weighted by Gasteiger charge is -2.16. The van der Waals surface area contributed by atoms with E-state index in [1.807, 2.05) is 0 Å². The summed E-state index contributed by atoms with van der Waals surface area (Å²) in [7, 11) is -3.71. The molecule has 2 rings (SSSR count). The highest BCUT2D eigenvalue weighted by Crippen LogP contribution is 2.20. The molecule has 2 aromatic carbocycles.